The van der Waals surface area contributed by atoms with Gasteiger partial charge >= 0.3 is 5.97 Å². The van der Waals surface area contributed by atoms with Crippen LogP contribution in [0.4, 0.5) is 0 Å². The van der Waals surface area contributed by atoms with Gasteiger partial charge in [0.1, 0.15) is 0 Å². The molecule has 2 heterocycles. The minimum absolute atomic E-state index is 0.192. The standard InChI is InChI=1S/C12H14N4O3/c1-4-19-12(18)11-9(17)5-6-16(14-11)10-7-8(2)15(3)13-10/h5-7H,4H2,1-3H3. The van der Waals surface area contributed by atoms with E-state index in [0.717, 1.165) is 5.69 Å². The largest absolute Gasteiger partial charge is 0.461 e. The quantitative estimate of drug-likeness (QED) is 0.750. The SMILES string of the molecule is CCOC(=O)c1nn(-c2cc(C)n(C)n2)ccc1=O. The number of carbonyl (C=O) groups is 1. The van der Waals surface area contributed by atoms with Crippen molar-refractivity contribution in [2.75, 3.05) is 6.61 Å². The molecule has 0 atom stereocenters. The topological polar surface area (TPSA) is 79.0 Å². The maximum atomic E-state index is 11.6. The van der Waals surface area contributed by atoms with Crippen LogP contribution in [0.1, 0.15) is 23.1 Å². The number of rotatable bonds is 3. The zero-order valence-corrected chi connectivity index (χ0v) is 11.0. The molecule has 0 aliphatic carbocycles. The van der Waals surface area contributed by atoms with Crippen molar-refractivity contribution in [1.82, 2.24) is 19.6 Å². The lowest BCUT2D eigenvalue weighted by Crippen LogP contribution is -2.22. The Hall–Kier alpha value is -2.44. The number of ether oxygens (including phenoxy) is 1. The fourth-order valence-electron chi connectivity index (χ4n) is 1.53. The molecule has 19 heavy (non-hydrogen) atoms. The van der Waals surface area contributed by atoms with E-state index in [-0.39, 0.29) is 12.3 Å². The van der Waals surface area contributed by atoms with Gasteiger partial charge in [0.2, 0.25) is 11.1 Å². The smallest absolute Gasteiger partial charge is 0.362 e. The molecule has 100 valence electrons. The third-order valence-corrected chi connectivity index (χ3v) is 2.61. The second-order valence-corrected chi connectivity index (χ2v) is 3.96. The molecule has 0 radical (unpaired) electrons. The van der Waals surface area contributed by atoms with Gasteiger partial charge in [-0.15, -0.1) is 0 Å². The Morgan fingerprint density at radius 1 is 1.42 bits per heavy atom. The summed E-state index contributed by atoms with van der Waals surface area (Å²) in [4.78, 5) is 23.2. The van der Waals surface area contributed by atoms with Crippen LogP contribution in [-0.4, -0.2) is 32.1 Å². The summed E-state index contributed by atoms with van der Waals surface area (Å²) in [6.07, 6.45) is 1.47. The van der Waals surface area contributed by atoms with Gasteiger partial charge in [0.25, 0.3) is 0 Å². The summed E-state index contributed by atoms with van der Waals surface area (Å²) in [5.74, 6) is -0.194. The summed E-state index contributed by atoms with van der Waals surface area (Å²) in [7, 11) is 1.80. The van der Waals surface area contributed by atoms with E-state index in [2.05, 4.69) is 10.2 Å². The first-order valence-corrected chi connectivity index (χ1v) is 5.81. The van der Waals surface area contributed by atoms with Crippen molar-refractivity contribution < 1.29 is 9.53 Å². The van der Waals surface area contributed by atoms with Crippen LogP contribution in [0.5, 0.6) is 0 Å². The van der Waals surface area contributed by atoms with Crippen molar-refractivity contribution in [3.63, 3.8) is 0 Å². The molecule has 0 unspecified atom stereocenters. The minimum atomic E-state index is -0.727. The Morgan fingerprint density at radius 2 is 2.16 bits per heavy atom. The summed E-state index contributed by atoms with van der Waals surface area (Å²) in [6, 6.07) is 3.07. The van der Waals surface area contributed by atoms with Crippen molar-refractivity contribution in [3.05, 3.63) is 39.9 Å². The molecule has 2 aromatic heterocycles. The second-order valence-electron chi connectivity index (χ2n) is 3.96. The minimum Gasteiger partial charge on any atom is -0.461 e. The summed E-state index contributed by atoms with van der Waals surface area (Å²) in [5.41, 5.74) is 0.225. The molecular weight excluding hydrogens is 248 g/mol. The first-order valence-electron chi connectivity index (χ1n) is 5.81. The third kappa shape index (κ3) is 2.54. The lowest BCUT2D eigenvalue weighted by molar-refractivity contribution is 0.0515. The molecule has 2 aromatic rings. The fraction of sp³-hybridized carbons (Fsp3) is 0.333. The van der Waals surface area contributed by atoms with Gasteiger partial charge in [0.15, 0.2) is 5.82 Å². The van der Waals surface area contributed by atoms with Crippen LogP contribution in [0, 0.1) is 6.92 Å². The third-order valence-electron chi connectivity index (χ3n) is 2.61. The molecule has 0 amide bonds. The molecule has 0 aliphatic rings. The highest BCUT2D eigenvalue weighted by Crippen LogP contribution is 2.05. The van der Waals surface area contributed by atoms with Crippen LogP contribution >= 0.6 is 0 Å². The van der Waals surface area contributed by atoms with Crippen molar-refractivity contribution in [3.8, 4) is 5.82 Å². The van der Waals surface area contributed by atoms with Gasteiger partial charge in [0.05, 0.1) is 6.61 Å². The van der Waals surface area contributed by atoms with Crippen LogP contribution in [0.15, 0.2) is 23.1 Å². The summed E-state index contributed by atoms with van der Waals surface area (Å²) in [6.45, 7) is 3.75. The van der Waals surface area contributed by atoms with Gasteiger partial charge in [0, 0.05) is 31.1 Å². The molecule has 2 rings (SSSR count). The van der Waals surface area contributed by atoms with Crippen molar-refractivity contribution in [2.24, 2.45) is 7.05 Å². The molecule has 0 aliphatic heterocycles. The lowest BCUT2D eigenvalue weighted by atomic mass is 10.4. The van der Waals surface area contributed by atoms with E-state index >= 15 is 0 Å². The van der Waals surface area contributed by atoms with Gasteiger partial charge in [-0.2, -0.15) is 10.2 Å². The predicted molar refractivity (Wildman–Crippen MR) is 67.3 cm³/mol. The van der Waals surface area contributed by atoms with E-state index in [1.807, 2.05) is 6.92 Å². The fourth-order valence-corrected chi connectivity index (χ4v) is 1.53. The number of hydrogen-bond donors (Lipinski definition) is 0. The summed E-state index contributed by atoms with van der Waals surface area (Å²) >= 11 is 0. The Kier molecular flexibility index (Phi) is 3.46. The number of nitrogens with zero attached hydrogens (tertiary/aromatic N) is 4. The Morgan fingerprint density at radius 3 is 2.74 bits per heavy atom. The first-order chi connectivity index (χ1) is 9.02. The zero-order valence-electron chi connectivity index (χ0n) is 11.0. The number of aromatic nitrogens is 4. The number of esters is 1. The molecule has 7 nitrogen and oxygen atoms in total. The molecule has 0 bridgehead atoms. The van der Waals surface area contributed by atoms with Crippen LogP contribution in [0.3, 0.4) is 0 Å². The Balaban J connectivity index is 2.46. The zero-order chi connectivity index (χ0) is 14.0. The molecule has 0 saturated carbocycles. The van der Waals surface area contributed by atoms with E-state index in [1.165, 1.54) is 16.9 Å². The van der Waals surface area contributed by atoms with Crippen LogP contribution in [-0.2, 0) is 11.8 Å². The van der Waals surface area contributed by atoms with E-state index in [1.54, 1.807) is 24.7 Å². The lowest BCUT2D eigenvalue weighted by Gasteiger charge is -2.03. The van der Waals surface area contributed by atoms with Crippen LogP contribution < -0.4 is 5.43 Å². The molecular formula is C12H14N4O3. The van der Waals surface area contributed by atoms with E-state index in [4.69, 9.17) is 4.74 Å². The van der Waals surface area contributed by atoms with E-state index in [9.17, 15) is 9.59 Å². The second kappa shape index (κ2) is 5.05. The van der Waals surface area contributed by atoms with Gasteiger partial charge in [-0.1, -0.05) is 0 Å². The number of aryl methyl sites for hydroxylation is 2. The normalized spacial score (nSPS) is 10.5. The molecule has 0 aromatic carbocycles. The Labute approximate surface area is 109 Å². The monoisotopic (exact) mass is 262 g/mol. The van der Waals surface area contributed by atoms with Crippen molar-refractivity contribution in [2.45, 2.75) is 13.8 Å². The van der Waals surface area contributed by atoms with Crippen LogP contribution in [0.2, 0.25) is 0 Å². The highest BCUT2D eigenvalue weighted by atomic mass is 16.5. The molecule has 0 N–H and O–H groups in total. The predicted octanol–water partition coefficient (Wildman–Crippen LogP) is 0.451. The van der Waals surface area contributed by atoms with E-state index < -0.39 is 11.4 Å². The van der Waals surface area contributed by atoms with Crippen molar-refractivity contribution in [1.29, 1.82) is 0 Å². The maximum Gasteiger partial charge on any atom is 0.362 e. The maximum absolute atomic E-state index is 11.6. The molecule has 0 fully saturated rings. The van der Waals surface area contributed by atoms with Gasteiger partial charge in [-0.3, -0.25) is 9.48 Å². The first kappa shape index (κ1) is 13.0. The molecule has 0 saturated heterocycles. The Bertz CT molecular complexity index is 652. The average Bonchev–Trinajstić information content (AvgIpc) is 2.70. The van der Waals surface area contributed by atoms with E-state index in [0.29, 0.717) is 5.82 Å². The average molecular weight is 262 g/mol. The van der Waals surface area contributed by atoms with Crippen LogP contribution in [0.25, 0.3) is 5.82 Å². The number of hydrogen-bond acceptors (Lipinski definition) is 5. The highest BCUT2D eigenvalue weighted by molar-refractivity contribution is 5.86. The van der Waals surface area contributed by atoms with Crippen molar-refractivity contribution >= 4 is 5.97 Å². The van der Waals surface area contributed by atoms with Gasteiger partial charge < -0.3 is 4.74 Å². The molecule has 0 spiro atoms. The molecule has 7 heteroatoms. The highest BCUT2D eigenvalue weighted by Gasteiger charge is 2.15. The van der Waals surface area contributed by atoms with Gasteiger partial charge in [-0.25, -0.2) is 9.48 Å². The summed E-state index contributed by atoms with van der Waals surface area (Å²) < 4.78 is 7.84. The number of carbonyl (C=O) groups excluding carboxylic acids is 1. The summed E-state index contributed by atoms with van der Waals surface area (Å²) in [5, 5.41) is 8.19. The van der Waals surface area contributed by atoms with Gasteiger partial charge in [-0.05, 0) is 13.8 Å².